The molecule has 0 radical (unpaired) electrons. The van der Waals surface area contributed by atoms with E-state index in [1.54, 1.807) is 13.0 Å². The molecule has 0 saturated heterocycles. The maximum absolute atomic E-state index is 12.1. The van der Waals surface area contributed by atoms with Gasteiger partial charge >= 0.3 is 12.0 Å². The first kappa shape index (κ1) is 17.7. The topological polar surface area (TPSA) is 87.7 Å². The number of ether oxygens (including phenoxy) is 1. The van der Waals surface area contributed by atoms with Crippen molar-refractivity contribution in [3.63, 3.8) is 0 Å². The fourth-order valence-electron chi connectivity index (χ4n) is 3.00. The van der Waals surface area contributed by atoms with Crippen LogP contribution in [0.15, 0.2) is 24.3 Å². The number of aliphatic hydroxyl groups excluding tert-OH is 1. The predicted molar refractivity (Wildman–Crippen MR) is 98.2 cm³/mol. The summed E-state index contributed by atoms with van der Waals surface area (Å²) in [4.78, 5) is 24.5. The Morgan fingerprint density at radius 2 is 2.00 bits per heavy atom. The molecule has 6 nitrogen and oxygen atoms in total. The van der Waals surface area contributed by atoms with Crippen LogP contribution in [0, 0.1) is 0 Å². The summed E-state index contributed by atoms with van der Waals surface area (Å²) in [5.41, 5.74) is 0.675. The molecule has 0 aliphatic heterocycles. The van der Waals surface area contributed by atoms with Crippen molar-refractivity contribution in [2.75, 3.05) is 11.9 Å². The summed E-state index contributed by atoms with van der Waals surface area (Å²) in [6.45, 7) is 2.12. The lowest BCUT2D eigenvalue weighted by Crippen LogP contribution is -2.40. The third kappa shape index (κ3) is 4.49. The number of benzene rings is 1. The molecule has 1 saturated carbocycles. The fourth-order valence-corrected chi connectivity index (χ4v) is 3.93. The maximum atomic E-state index is 12.1. The molecular formula is C18H22N2O4S. The van der Waals surface area contributed by atoms with Crippen LogP contribution >= 0.6 is 11.3 Å². The minimum Gasteiger partial charge on any atom is -0.462 e. The van der Waals surface area contributed by atoms with Gasteiger partial charge in [-0.1, -0.05) is 0 Å². The molecular weight excluding hydrogens is 340 g/mol. The van der Waals surface area contributed by atoms with E-state index in [1.807, 2.05) is 18.2 Å². The van der Waals surface area contributed by atoms with Crippen molar-refractivity contribution < 1.29 is 19.4 Å². The Morgan fingerprint density at radius 1 is 1.24 bits per heavy atom. The second-order valence-electron chi connectivity index (χ2n) is 6.19. The van der Waals surface area contributed by atoms with Crippen LogP contribution in [0.2, 0.25) is 0 Å². The molecule has 1 fully saturated rings. The molecule has 1 aromatic carbocycles. The molecule has 0 atom stereocenters. The number of hydrogen-bond acceptors (Lipinski definition) is 5. The van der Waals surface area contributed by atoms with Gasteiger partial charge in [0.1, 0.15) is 4.88 Å². The molecule has 3 N–H and O–H groups in total. The van der Waals surface area contributed by atoms with Crippen molar-refractivity contribution >= 4 is 39.1 Å². The van der Waals surface area contributed by atoms with E-state index in [0.717, 1.165) is 35.8 Å². The lowest BCUT2D eigenvalue weighted by Gasteiger charge is -2.26. The molecule has 1 aliphatic carbocycles. The van der Waals surface area contributed by atoms with E-state index < -0.39 is 0 Å². The van der Waals surface area contributed by atoms with Crippen molar-refractivity contribution in [3.8, 4) is 0 Å². The lowest BCUT2D eigenvalue weighted by molar-refractivity contribution is 0.0532. The van der Waals surface area contributed by atoms with Crippen LogP contribution < -0.4 is 10.6 Å². The van der Waals surface area contributed by atoms with Crippen LogP contribution in [0.5, 0.6) is 0 Å². The van der Waals surface area contributed by atoms with Crippen molar-refractivity contribution in [1.29, 1.82) is 0 Å². The van der Waals surface area contributed by atoms with Crippen molar-refractivity contribution in [2.45, 2.75) is 44.8 Å². The summed E-state index contributed by atoms with van der Waals surface area (Å²) >= 11 is 1.38. The maximum Gasteiger partial charge on any atom is 0.348 e. The van der Waals surface area contributed by atoms with E-state index in [0.29, 0.717) is 17.2 Å². The first-order valence-electron chi connectivity index (χ1n) is 8.51. The highest BCUT2D eigenvalue weighted by molar-refractivity contribution is 7.20. The van der Waals surface area contributed by atoms with E-state index >= 15 is 0 Å². The van der Waals surface area contributed by atoms with Crippen LogP contribution in [0.3, 0.4) is 0 Å². The van der Waals surface area contributed by atoms with Gasteiger partial charge in [0.25, 0.3) is 0 Å². The van der Waals surface area contributed by atoms with Gasteiger partial charge < -0.3 is 20.5 Å². The highest BCUT2D eigenvalue weighted by Gasteiger charge is 2.20. The summed E-state index contributed by atoms with van der Waals surface area (Å²) in [7, 11) is 0. The van der Waals surface area contributed by atoms with E-state index in [-0.39, 0.29) is 24.1 Å². The lowest BCUT2D eigenvalue weighted by atomic mass is 9.93. The average molecular weight is 362 g/mol. The first-order valence-corrected chi connectivity index (χ1v) is 9.33. The summed E-state index contributed by atoms with van der Waals surface area (Å²) < 4.78 is 5.99. The number of aliphatic hydroxyl groups is 1. The molecule has 1 heterocycles. The Balaban J connectivity index is 1.63. The van der Waals surface area contributed by atoms with E-state index in [1.165, 1.54) is 11.3 Å². The van der Waals surface area contributed by atoms with Crippen LogP contribution in [-0.4, -0.2) is 35.9 Å². The average Bonchev–Trinajstić information content (AvgIpc) is 3.00. The summed E-state index contributed by atoms with van der Waals surface area (Å²) in [6, 6.07) is 7.18. The number of rotatable bonds is 4. The summed E-state index contributed by atoms with van der Waals surface area (Å²) in [5, 5.41) is 16.2. The van der Waals surface area contributed by atoms with Gasteiger partial charge in [0, 0.05) is 16.4 Å². The minimum atomic E-state index is -0.324. The highest BCUT2D eigenvalue weighted by Crippen LogP contribution is 2.28. The number of thiophene rings is 1. The Bertz CT molecular complexity index is 766. The zero-order valence-electron chi connectivity index (χ0n) is 14.1. The number of nitrogens with one attached hydrogen (secondary N) is 2. The standard InChI is InChI=1S/C18H22N2O4S/c1-2-24-17(22)16-10-11-9-13(5-8-15(11)25-16)20-18(23)19-12-3-6-14(21)7-4-12/h5,8-10,12,14,21H,2-4,6-7H2,1H3,(H2,19,20,23). The third-order valence-electron chi connectivity index (χ3n) is 4.28. The highest BCUT2D eigenvalue weighted by atomic mass is 32.1. The zero-order chi connectivity index (χ0) is 17.8. The van der Waals surface area contributed by atoms with Gasteiger partial charge in [-0.3, -0.25) is 0 Å². The van der Waals surface area contributed by atoms with Crippen LogP contribution in [0.1, 0.15) is 42.3 Å². The minimum absolute atomic E-state index is 0.101. The molecule has 0 bridgehead atoms. The van der Waals surface area contributed by atoms with Gasteiger partial charge in [-0.05, 0) is 62.3 Å². The number of amides is 2. The SMILES string of the molecule is CCOC(=O)c1cc2cc(NC(=O)NC3CCC(O)CC3)ccc2s1. The molecule has 2 aromatic rings. The quantitative estimate of drug-likeness (QED) is 0.727. The smallest absolute Gasteiger partial charge is 0.348 e. The van der Waals surface area contributed by atoms with Gasteiger partial charge in [0.05, 0.1) is 12.7 Å². The Kier molecular flexibility index (Phi) is 5.55. The van der Waals surface area contributed by atoms with E-state index in [4.69, 9.17) is 4.74 Å². The van der Waals surface area contributed by atoms with Crippen molar-refractivity contribution in [2.24, 2.45) is 0 Å². The molecule has 3 rings (SSSR count). The van der Waals surface area contributed by atoms with Crippen molar-refractivity contribution in [3.05, 3.63) is 29.1 Å². The molecule has 1 aliphatic rings. The predicted octanol–water partition coefficient (Wildman–Crippen LogP) is 3.50. The largest absolute Gasteiger partial charge is 0.462 e. The number of anilines is 1. The molecule has 7 heteroatoms. The summed E-state index contributed by atoms with van der Waals surface area (Å²) in [5.74, 6) is -0.324. The number of esters is 1. The van der Waals surface area contributed by atoms with Crippen LogP contribution in [0.25, 0.3) is 10.1 Å². The van der Waals surface area contributed by atoms with Gasteiger partial charge in [0.2, 0.25) is 0 Å². The Hall–Kier alpha value is -2.12. The van der Waals surface area contributed by atoms with Crippen LogP contribution in [-0.2, 0) is 4.74 Å². The van der Waals surface area contributed by atoms with E-state index in [2.05, 4.69) is 10.6 Å². The molecule has 25 heavy (non-hydrogen) atoms. The Morgan fingerprint density at radius 3 is 2.72 bits per heavy atom. The summed E-state index contributed by atoms with van der Waals surface area (Å²) in [6.07, 6.45) is 2.79. The van der Waals surface area contributed by atoms with Gasteiger partial charge in [-0.15, -0.1) is 11.3 Å². The Labute approximate surface area is 150 Å². The molecule has 1 aromatic heterocycles. The number of urea groups is 1. The number of hydrogen-bond donors (Lipinski definition) is 3. The first-order chi connectivity index (χ1) is 12.0. The zero-order valence-corrected chi connectivity index (χ0v) is 14.9. The number of carbonyl (C=O) groups excluding carboxylic acids is 2. The second kappa shape index (κ2) is 7.84. The normalized spacial score (nSPS) is 20.2. The number of carbonyl (C=O) groups is 2. The van der Waals surface area contributed by atoms with Gasteiger partial charge in [-0.25, -0.2) is 9.59 Å². The van der Waals surface area contributed by atoms with Gasteiger partial charge in [-0.2, -0.15) is 0 Å². The molecule has 2 amide bonds. The van der Waals surface area contributed by atoms with Crippen molar-refractivity contribution in [1.82, 2.24) is 5.32 Å². The monoisotopic (exact) mass is 362 g/mol. The molecule has 134 valence electrons. The fraction of sp³-hybridized carbons (Fsp3) is 0.444. The number of fused-ring (bicyclic) bond motifs is 1. The van der Waals surface area contributed by atoms with Gasteiger partial charge in [0.15, 0.2) is 0 Å². The van der Waals surface area contributed by atoms with Crippen LogP contribution in [0.4, 0.5) is 10.5 Å². The third-order valence-corrected chi connectivity index (χ3v) is 5.38. The van der Waals surface area contributed by atoms with E-state index in [9.17, 15) is 14.7 Å². The molecule has 0 unspecified atom stereocenters. The second-order valence-corrected chi connectivity index (χ2v) is 7.27. The molecule has 0 spiro atoms.